The number of aromatic carboxylic acids is 1. The molecule has 2 heterocycles. The van der Waals surface area contributed by atoms with E-state index in [1.165, 1.54) is 17.8 Å². The molecular formula is C16H19NO2S. The van der Waals surface area contributed by atoms with Gasteiger partial charge in [-0.2, -0.15) is 0 Å². The first kappa shape index (κ1) is 13.6. The van der Waals surface area contributed by atoms with Gasteiger partial charge in [0.1, 0.15) is 4.88 Å². The van der Waals surface area contributed by atoms with Gasteiger partial charge in [-0.3, -0.25) is 4.90 Å². The van der Waals surface area contributed by atoms with Gasteiger partial charge in [-0.05, 0) is 35.4 Å². The summed E-state index contributed by atoms with van der Waals surface area (Å²) in [6, 6.07) is 7.99. The number of carboxylic acids is 1. The molecule has 3 rings (SSSR count). The molecule has 1 saturated heterocycles. The third kappa shape index (κ3) is 2.45. The van der Waals surface area contributed by atoms with E-state index in [1.807, 2.05) is 24.3 Å². The maximum atomic E-state index is 11.5. The van der Waals surface area contributed by atoms with Crippen molar-refractivity contribution in [2.45, 2.75) is 26.8 Å². The minimum Gasteiger partial charge on any atom is -0.477 e. The fourth-order valence-electron chi connectivity index (χ4n) is 3.01. The molecule has 1 N–H and O–H groups in total. The van der Waals surface area contributed by atoms with Crippen LogP contribution in [0.25, 0.3) is 10.1 Å². The first-order valence-corrected chi connectivity index (χ1v) is 7.74. The Morgan fingerprint density at radius 1 is 1.40 bits per heavy atom. The van der Waals surface area contributed by atoms with Gasteiger partial charge in [0.15, 0.2) is 0 Å². The fourth-order valence-corrected chi connectivity index (χ4v) is 4.06. The molecule has 20 heavy (non-hydrogen) atoms. The SMILES string of the molecule is CC1(C)CCN(Cc2c(C(=O)O)sc3ccccc23)C1. The number of rotatable bonds is 3. The highest BCUT2D eigenvalue weighted by atomic mass is 32.1. The van der Waals surface area contributed by atoms with Crippen molar-refractivity contribution in [1.82, 2.24) is 4.90 Å². The second-order valence-electron chi connectivity index (χ2n) is 6.34. The minimum absolute atomic E-state index is 0.342. The van der Waals surface area contributed by atoms with E-state index in [4.69, 9.17) is 0 Å². The molecule has 4 heteroatoms. The zero-order valence-electron chi connectivity index (χ0n) is 11.8. The summed E-state index contributed by atoms with van der Waals surface area (Å²) < 4.78 is 1.07. The highest BCUT2D eigenvalue weighted by Gasteiger charge is 2.30. The molecule has 106 valence electrons. The van der Waals surface area contributed by atoms with E-state index in [-0.39, 0.29) is 0 Å². The Balaban J connectivity index is 1.97. The molecule has 0 unspecified atom stereocenters. The molecule has 1 aliphatic heterocycles. The number of benzene rings is 1. The van der Waals surface area contributed by atoms with E-state index in [0.29, 0.717) is 10.3 Å². The molecule has 0 saturated carbocycles. The largest absolute Gasteiger partial charge is 0.477 e. The van der Waals surface area contributed by atoms with Crippen molar-refractivity contribution < 1.29 is 9.90 Å². The van der Waals surface area contributed by atoms with Crippen LogP contribution in [0.1, 0.15) is 35.5 Å². The summed E-state index contributed by atoms with van der Waals surface area (Å²) >= 11 is 1.39. The lowest BCUT2D eigenvalue weighted by Gasteiger charge is -2.19. The number of likely N-dealkylation sites (tertiary alicyclic amines) is 1. The molecule has 0 aliphatic carbocycles. The normalized spacial score (nSPS) is 18.7. The van der Waals surface area contributed by atoms with Crippen LogP contribution in [0.2, 0.25) is 0 Å². The fraction of sp³-hybridized carbons (Fsp3) is 0.438. The molecule has 0 spiro atoms. The molecule has 0 atom stereocenters. The van der Waals surface area contributed by atoms with E-state index in [2.05, 4.69) is 18.7 Å². The second-order valence-corrected chi connectivity index (χ2v) is 7.39. The van der Waals surface area contributed by atoms with Crippen molar-refractivity contribution in [3.05, 3.63) is 34.7 Å². The summed E-state index contributed by atoms with van der Waals surface area (Å²) in [7, 11) is 0. The summed E-state index contributed by atoms with van der Waals surface area (Å²) in [5.74, 6) is -0.806. The molecule has 1 fully saturated rings. The highest BCUT2D eigenvalue weighted by Crippen LogP contribution is 2.35. The average Bonchev–Trinajstić information content (AvgIpc) is 2.91. The number of hydrogen-bond acceptors (Lipinski definition) is 3. The van der Waals surface area contributed by atoms with E-state index in [1.54, 1.807) is 0 Å². The summed E-state index contributed by atoms with van der Waals surface area (Å²) in [5.41, 5.74) is 1.32. The van der Waals surface area contributed by atoms with Crippen LogP contribution in [-0.2, 0) is 6.54 Å². The third-order valence-electron chi connectivity index (χ3n) is 4.03. The van der Waals surface area contributed by atoms with Crippen molar-refractivity contribution in [2.24, 2.45) is 5.41 Å². The molecule has 0 amide bonds. The van der Waals surface area contributed by atoms with Crippen LogP contribution in [-0.4, -0.2) is 29.1 Å². The van der Waals surface area contributed by atoms with Crippen molar-refractivity contribution in [1.29, 1.82) is 0 Å². The summed E-state index contributed by atoms with van der Waals surface area (Å²) in [6.07, 6.45) is 1.18. The Morgan fingerprint density at radius 2 is 2.15 bits per heavy atom. The number of nitrogens with zero attached hydrogens (tertiary/aromatic N) is 1. The lowest BCUT2D eigenvalue weighted by atomic mass is 9.93. The van der Waals surface area contributed by atoms with Crippen LogP contribution >= 0.6 is 11.3 Å². The van der Waals surface area contributed by atoms with Gasteiger partial charge in [0.25, 0.3) is 0 Å². The van der Waals surface area contributed by atoms with Crippen molar-refractivity contribution in [3.8, 4) is 0 Å². The first-order chi connectivity index (χ1) is 9.46. The Morgan fingerprint density at radius 3 is 2.80 bits per heavy atom. The zero-order chi connectivity index (χ0) is 14.3. The van der Waals surface area contributed by atoms with Crippen LogP contribution in [0.15, 0.2) is 24.3 Å². The monoisotopic (exact) mass is 289 g/mol. The number of carbonyl (C=O) groups is 1. The lowest BCUT2D eigenvalue weighted by Crippen LogP contribution is -2.23. The van der Waals surface area contributed by atoms with Crippen LogP contribution in [0.4, 0.5) is 0 Å². The predicted molar refractivity (Wildman–Crippen MR) is 82.5 cm³/mol. The van der Waals surface area contributed by atoms with E-state index >= 15 is 0 Å². The van der Waals surface area contributed by atoms with Gasteiger partial charge in [0.2, 0.25) is 0 Å². The second kappa shape index (κ2) is 4.86. The number of fused-ring (bicyclic) bond motifs is 1. The maximum absolute atomic E-state index is 11.5. The lowest BCUT2D eigenvalue weighted by molar-refractivity contribution is 0.0700. The van der Waals surface area contributed by atoms with E-state index < -0.39 is 5.97 Å². The Kier molecular flexibility index (Phi) is 3.30. The summed E-state index contributed by atoms with van der Waals surface area (Å²) in [4.78, 5) is 14.4. The van der Waals surface area contributed by atoms with Gasteiger partial charge >= 0.3 is 5.97 Å². The molecule has 1 aliphatic rings. The van der Waals surface area contributed by atoms with Gasteiger partial charge < -0.3 is 5.11 Å². The van der Waals surface area contributed by atoms with Crippen molar-refractivity contribution in [2.75, 3.05) is 13.1 Å². The average molecular weight is 289 g/mol. The standard InChI is InChI=1S/C16H19NO2S/c1-16(2)7-8-17(10-16)9-12-11-5-3-4-6-13(11)20-14(12)15(18)19/h3-6H,7-10H2,1-2H3,(H,18,19). The van der Waals surface area contributed by atoms with E-state index in [9.17, 15) is 9.90 Å². The predicted octanol–water partition coefficient (Wildman–Crippen LogP) is 3.83. The summed E-state index contributed by atoms with van der Waals surface area (Å²) in [5, 5.41) is 10.5. The Bertz CT molecular complexity index is 660. The maximum Gasteiger partial charge on any atom is 0.346 e. The molecule has 1 aromatic heterocycles. The number of thiophene rings is 1. The van der Waals surface area contributed by atoms with Crippen LogP contribution in [0.3, 0.4) is 0 Å². The Labute approximate surface area is 122 Å². The summed E-state index contributed by atoms with van der Waals surface area (Å²) in [6.45, 7) is 7.38. The zero-order valence-corrected chi connectivity index (χ0v) is 12.7. The topological polar surface area (TPSA) is 40.5 Å². The van der Waals surface area contributed by atoms with Crippen LogP contribution in [0.5, 0.6) is 0 Å². The third-order valence-corrected chi connectivity index (χ3v) is 5.23. The van der Waals surface area contributed by atoms with Crippen molar-refractivity contribution in [3.63, 3.8) is 0 Å². The van der Waals surface area contributed by atoms with Crippen molar-refractivity contribution >= 4 is 27.4 Å². The molecule has 3 nitrogen and oxygen atoms in total. The molecule has 0 radical (unpaired) electrons. The highest BCUT2D eigenvalue weighted by molar-refractivity contribution is 7.21. The smallest absolute Gasteiger partial charge is 0.346 e. The van der Waals surface area contributed by atoms with Gasteiger partial charge in [-0.25, -0.2) is 4.79 Å². The van der Waals surface area contributed by atoms with Crippen LogP contribution < -0.4 is 0 Å². The van der Waals surface area contributed by atoms with Gasteiger partial charge in [-0.1, -0.05) is 32.0 Å². The Hall–Kier alpha value is -1.39. The molecule has 2 aromatic rings. The van der Waals surface area contributed by atoms with Gasteiger partial charge in [-0.15, -0.1) is 11.3 Å². The molecule has 0 bridgehead atoms. The number of hydrogen-bond donors (Lipinski definition) is 1. The minimum atomic E-state index is -0.806. The molecular weight excluding hydrogens is 270 g/mol. The number of carboxylic acid groups (broad SMARTS) is 1. The molecule has 1 aromatic carbocycles. The van der Waals surface area contributed by atoms with Crippen LogP contribution in [0, 0.1) is 5.41 Å². The van der Waals surface area contributed by atoms with Gasteiger partial charge in [0, 0.05) is 17.8 Å². The quantitative estimate of drug-likeness (QED) is 0.933. The van der Waals surface area contributed by atoms with E-state index in [0.717, 1.165) is 35.3 Å². The van der Waals surface area contributed by atoms with Gasteiger partial charge in [0.05, 0.1) is 0 Å². The first-order valence-electron chi connectivity index (χ1n) is 6.92.